The van der Waals surface area contributed by atoms with Crippen LogP contribution in [0.25, 0.3) is 11.1 Å². The highest BCUT2D eigenvalue weighted by Crippen LogP contribution is 2.37. The molecule has 2 aromatic rings. The lowest BCUT2D eigenvalue weighted by Crippen LogP contribution is -2.16. The number of allylic oxidation sites excluding steroid dienone is 8. The molecule has 0 bridgehead atoms. The predicted molar refractivity (Wildman–Crippen MR) is 213 cm³/mol. The van der Waals surface area contributed by atoms with Crippen molar-refractivity contribution in [2.24, 2.45) is 11.8 Å². The van der Waals surface area contributed by atoms with Gasteiger partial charge in [0.25, 0.3) is 0 Å². The molecule has 0 radical (unpaired) electrons. The Morgan fingerprint density at radius 2 is 1.48 bits per heavy atom. The van der Waals surface area contributed by atoms with E-state index in [1.807, 2.05) is 20.8 Å². The van der Waals surface area contributed by atoms with Crippen molar-refractivity contribution in [1.82, 2.24) is 0 Å². The fraction of sp³-hybridized carbons (Fsp3) is 0.457. The Kier molecular flexibility index (Phi) is 21.4. The van der Waals surface area contributed by atoms with Gasteiger partial charge in [-0.2, -0.15) is 0 Å². The third kappa shape index (κ3) is 14.0. The second-order valence-corrected chi connectivity index (χ2v) is 13.2. The molecule has 2 aliphatic carbocycles. The van der Waals surface area contributed by atoms with Crippen molar-refractivity contribution in [1.29, 1.82) is 0 Å². The largest absolute Gasteiger partial charge is 0.111 e. The molecule has 2 aromatic carbocycles. The summed E-state index contributed by atoms with van der Waals surface area (Å²) in [5.41, 5.74) is 18.2. The molecule has 1 fully saturated rings. The highest BCUT2D eigenvalue weighted by atomic mass is 14.3. The molecule has 0 spiro atoms. The summed E-state index contributed by atoms with van der Waals surface area (Å²) in [5, 5.41) is 0. The summed E-state index contributed by atoms with van der Waals surface area (Å²) in [4.78, 5) is 0. The standard InChI is InChI=1S/C25H28.C8H14.C7H14.2C3H6/c1-7-21-18(5)14-20(15-25(21)16(2)3)23-12-13-24(19(23)6)22-11-9-8-10-17(22)4;1-5-6-8(4)7(2)3;1-6(2)7-4-3-5-7;2*1-3-2/h8-12,14-16H,7H2,1-6H3;6H,2,5H2,1,3-4H3;6-7H,3-5H2,1-2H3;2*3H,1H2,2H3/b;8-6+;;;. The third-order valence-electron chi connectivity index (χ3n) is 8.62. The van der Waals surface area contributed by atoms with Gasteiger partial charge in [-0.05, 0) is 130 Å². The molecule has 0 aromatic heterocycles. The summed E-state index contributed by atoms with van der Waals surface area (Å²) in [5.74, 6) is 2.58. The van der Waals surface area contributed by atoms with Gasteiger partial charge in [-0.1, -0.05) is 133 Å². The summed E-state index contributed by atoms with van der Waals surface area (Å²) < 4.78 is 0. The number of rotatable bonds is 7. The predicted octanol–water partition coefficient (Wildman–Crippen LogP) is 14.8. The van der Waals surface area contributed by atoms with Gasteiger partial charge < -0.3 is 0 Å². The van der Waals surface area contributed by atoms with Gasteiger partial charge >= 0.3 is 0 Å². The lowest BCUT2D eigenvalue weighted by molar-refractivity contribution is 0.235. The summed E-state index contributed by atoms with van der Waals surface area (Å²) in [6.07, 6.45) is 14.5. The van der Waals surface area contributed by atoms with E-state index in [0.717, 1.165) is 24.7 Å². The average molecular weight is 621 g/mol. The SMILES string of the molecule is C=C(C)/C(C)=C/CC.C=CC.C=CC.CC(C)C1CCC1.CCc1c(C)cc(C2=C(C)C(c3ccccc3C)=C=C2)cc1C(C)C. The highest BCUT2D eigenvalue weighted by molar-refractivity contribution is 5.97. The fourth-order valence-electron chi connectivity index (χ4n) is 5.51. The molecule has 2 aliphatic rings. The van der Waals surface area contributed by atoms with Crippen molar-refractivity contribution in [3.8, 4) is 0 Å². The molecule has 0 heteroatoms. The van der Waals surface area contributed by atoms with E-state index >= 15 is 0 Å². The highest BCUT2D eigenvalue weighted by Gasteiger charge is 2.20. The summed E-state index contributed by atoms with van der Waals surface area (Å²) in [7, 11) is 0. The van der Waals surface area contributed by atoms with E-state index in [-0.39, 0.29) is 0 Å². The van der Waals surface area contributed by atoms with E-state index in [4.69, 9.17) is 0 Å². The summed E-state index contributed by atoms with van der Waals surface area (Å²) in [6, 6.07) is 13.3. The second kappa shape index (κ2) is 23.1. The Morgan fingerprint density at radius 1 is 0.913 bits per heavy atom. The van der Waals surface area contributed by atoms with Gasteiger partial charge in [0.2, 0.25) is 0 Å². The van der Waals surface area contributed by atoms with Crippen molar-refractivity contribution in [2.75, 3.05) is 0 Å². The van der Waals surface area contributed by atoms with Crippen LogP contribution in [0.3, 0.4) is 0 Å². The van der Waals surface area contributed by atoms with Crippen LogP contribution in [0.2, 0.25) is 0 Å². The monoisotopic (exact) mass is 621 g/mol. The molecule has 252 valence electrons. The molecule has 1 saturated carbocycles. The summed E-state index contributed by atoms with van der Waals surface area (Å²) in [6.45, 7) is 38.7. The van der Waals surface area contributed by atoms with Crippen LogP contribution in [0.1, 0.15) is 141 Å². The Bertz CT molecular complexity index is 1370. The maximum atomic E-state index is 3.81. The van der Waals surface area contributed by atoms with E-state index in [2.05, 4.69) is 143 Å². The Balaban J connectivity index is 0.000000784. The van der Waals surface area contributed by atoms with E-state index in [9.17, 15) is 0 Å². The normalized spacial score (nSPS) is 13.5. The first-order valence-corrected chi connectivity index (χ1v) is 17.6. The zero-order chi connectivity index (χ0) is 35.4. The van der Waals surface area contributed by atoms with Gasteiger partial charge in [-0.3, -0.25) is 0 Å². The second-order valence-electron chi connectivity index (χ2n) is 13.2. The van der Waals surface area contributed by atoms with Gasteiger partial charge in [0.05, 0.1) is 0 Å². The molecule has 0 aliphatic heterocycles. The summed E-state index contributed by atoms with van der Waals surface area (Å²) >= 11 is 0. The molecule has 0 atom stereocenters. The van der Waals surface area contributed by atoms with Crippen molar-refractivity contribution in [3.05, 3.63) is 136 Å². The van der Waals surface area contributed by atoms with Crippen LogP contribution in [0, 0.1) is 25.7 Å². The molecule has 46 heavy (non-hydrogen) atoms. The van der Waals surface area contributed by atoms with Gasteiger partial charge in [-0.15, -0.1) is 18.9 Å². The van der Waals surface area contributed by atoms with Crippen molar-refractivity contribution in [3.63, 3.8) is 0 Å². The first kappa shape index (κ1) is 42.7. The minimum atomic E-state index is 0.545. The third-order valence-corrected chi connectivity index (χ3v) is 8.62. The van der Waals surface area contributed by atoms with E-state index in [1.165, 1.54) is 80.5 Å². The average Bonchev–Trinajstić information content (AvgIpc) is 3.34. The lowest BCUT2D eigenvalue weighted by atomic mass is 9.78. The lowest BCUT2D eigenvalue weighted by Gasteiger charge is -2.28. The Morgan fingerprint density at radius 3 is 1.85 bits per heavy atom. The van der Waals surface area contributed by atoms with Crippen LogP contribution in [-0.2, 0) is 6.42 Å². The molecule has 0 N–H and O–H groups in total. The first-order chi connectivity index (χ1) is 21.7. The number of aryl methyl sites for hydroxylation is 2. The van der Waals surface area contributed by atoms with Gasteiger partial charge in [0, 0.05) is 5.57 Å². The Hall–Kier alpha value is -3.34. The number of hydrogen-bond donors (Lipinski definition) is 0. The molecule has 0 heterocycles. The maximum Gasteiger partial charge on any atom is 0.0275 e. The van der Waals surface area contributed by atoms with E-state index in [1.54, 1.807) is 12.2 Å². The Labute approximate surface area is 286 Å². The van der Waals surface area contributed by atoms with Crippen LogP contribution in [0.15, 0.2) is 103 Å². The molecule has 0 nitrogen and oxygen atoms in total. The molecular formula is C46H68. The van der Waals surface area contributed by atoms with Gasteiger partial charge in [0.1, 0.15) is 0 Å². The molecule has 0 amide bonds. The minimum Gasteiger partial charge on any atom is -0.111 e. The van der Waals surface area contributed by atoms with Crippen molar-refractivity contribution >= 4 is 11.1 Å². The molecule has 0 saturated heterocycles. The topological polar surface area (TPSA) is 0 Å². The van der Waals surface area contributed by atoms with Crippen LogP contribution in [0.4, 0.5) is 0 Å². The van der Waals surface area contributed by atoms with Gasteiger partial charge in [0.15, 0.2) is 0 Å². The van der Waals surface area contributed by atoms with Crippen LogP contribution < -0.4 is 0 Å². The zero-order valence-corrected chi connectivity index (χ0v) is 32.2. The number of benzene rings is 2. The smallest absolute Gasteiger partial charge is 0.0275 e. The van der Waals surface area contributed by atoms with Crippen LogP contribution >= 0.6 is 0 Å². The minimum absolute atomic E-state index is 0.545. The fourth-order valence-corrected chi connectivity index (χ4v) is 5.51. The van der Waals surface area contributed by atoms with Crippen molar-refractivity contribution < 1.29 is 0 Å². The van der Waals surface area contributed by atoms with Crippen LogP contribution in [-0.4, -0.2) is 0 Å². The maximum absolute atomic E-state index is 3.81. The molecule has 0 unspecified atom stereocenters. The van der Waals surface area contributed by atoms with Gasteiger partial charge in [-0.25, -0.2) is 0 Å². The first-order valence-electron chi connectivity index (χ1n) is 17.6. The van der Waals surface area contributed by atoms with E-state index in [0.29, 0.717) is 5.92 Å². The quantitative estimate of drug-likeness (QED) is 0.164. The number of hydrogen-bond acceptors (Lipinski definition) is 0. The van der Waals surface area contributed by atoms with Crippen molar-refractivity contribution in [2.45, 2.75) is 128 Å². The van der Waals surface area contributed by atoms with Crippen LogP contribution in [0.5, 0.6) is 0 Å². The molecular weight excluding hydrogens is 553 g/mol. The zero-order valence-electron chi connectivity index (χ0n) is 32.2. The van der Waals surface area contributed by atoms with E-state index < -0.39 is 0 Å². The molecule has 4 rings (SSSR count).